The van der Waals surface area contributed by atoms with E-state index in [1.807, 2.05) is 19.1 Å². The summed E-state index contributed by atoms with van der Waals surface area (Å²) < 4.78 is 5.61. The van der Waals surface area contributed by atoms with Crippen LogP contribution in [-0.2, 0) is 14.3 Å². The number of halogens is 1. The van der Waals surface area contributed by atoms with Gasteiger partial charge in [0, 0.05) is 5.02 Å². The average Bonchev–Trinajstić information content (AvgIpc) is 3.09. The van der Waals surface area contributed by atoms with Gasteiger partial charge in [-0.3, -0.25) is 9.59 Å². The monoisotopic (exact) mass is 289 g/mol. The molecule has 0 spiro atoms. The Hall–Kier alpha value is -1.65. The largest absolute Gasteiger partial charge is 0.365 e. The van der Waals surface area contributed by atoms with Gasteiger partial charge in [-0.2, -0.15) is 0 Å². The molecule has 3 heterocycles. The maximum atomic E-state index is 12.6. The first-order valence-electron chi connectivity index (χ1n) is 6.56. The summed E-state index contributed by atoms with van der Waals surface area (Å²) in [4.78, 5) is 26.5. The number of amides is 2. The number of rotatable bonds is 1. The predicted octanol–water partition coefficient (Wildman–Crippen LogP) is 2.09. The molecule has 0 N–H and O–H groups in total. The highest BCUT2D eigenvalue weighted by Crippen LogP contribution is 2.47. The van der Waals surface area contributed by atoms with Gasteiger partial charge in [-0.25, -0.2) is 4.90 Å². The van der Waals surface area contributed by atoms with Crippen molar-refractivity contribution in [2.24, 2.45) is 11.8 Å². The number of carbonyl (C=O) groups excluding carboxylic acids is 2. The van der Waals surface area contributed by atoms with Crippen LogP contribution < -0.4 is 4.90 Å². The zero-order valence-corrected chi connectivity index (χ0v) is 11.5. The van der Waals surface area contributed by atoms with Crippen LogP contribution in [0, 0.1) is 18.8 Å². The molecular formula is C15H12ClNO3. The Labute approximate surface area is 121 Å². The van der Waals surface area contributed by atoms with E-state index < -0.39 is 0 Å². The summed E-state index contributed by atoms with van der Waals surface area (Å²) in [5, 5.41) is 0.553. The van der Waals surface area contributed by atoms with E-state index in [0.717, 1.165) is 5.56 Å². The first kappa shape index (κ1) is 12.1. The Morgan fingerprint density at radius 3 is 2.30 bits per heavy atom. The fourth-order valence-electron chi connectivity index (χ4n) is 3.38. The molecule has 2 amide bonds. The highest BCUT2D eigenvalue weighted by molar-refractivity contribution is 6.32. The molecule has 0 saturated carbocycles. The highest BCUT2D eigenvalue weighted by Gasteiger charge is 2.61. The van der Waals surface area contributed by atoms with E-state index >= 15 is 0 Å². The summed E-state index contributed by atoms with van der Waals surface area (Å²) in [6.07, 6.45) is 3.24. The zero-order valence-electron chi connectivity index (χ0n) is 10.7. The molecular weight excluding hydrogens is 278 g/mol. The molecule has 4 unspecified atom stereocenters. The Morgan fingerprint density at radius 1 is 1.10 bits per heavy atom. The third-order valence-electron chi connectivity index (χ3n) is 4.39. The van der Waals surface area contributed by atoms with E-state index in [4.69, 9.17) is 16.3 Å². The molecule has 0 radical (unpaired) electrons. The summed E-state index contributed by atoms with van der Waals surface area (Å²) in [6.45, 7) is 1.82. The van der Waals surface area contributed by atoms with Gasteiger partial charge in [-0.1, -0.05) is 29.8 Å². The van der Waals surface area contributed by atoms with Crippen molar-refractivity contribution in [3.8, 4) is 0 Å². The average molecular weight is 290 g/mol. The third-order valence-corrected chi connectivity index (χ3v) is 4.80. The van der Waals surface area contributed by atoms with Crippen molar-refractivity contribution in [3.63, 3.8) is 0 Å². The molecule has 0 aromatic heterocycles. The van der Waals surface area contributed by atoms with Crippen molar-refractivity contribution in [2.75, 3.05) is 4.90 Å². The minimum Gasteiger partial charge on any atom is -0.365 e. The van der Waals surface area contributed by atoms with Crippen LogP contribution >= 0.6 is 11.6 Å². The van der Waals surface area contributed by atoms with Crippen LogP contribution in [0.5, 0.6) is 0 Å². The second-order valence-corrected chi connectivity index (χ2v) is 5.80. The summed E-state index contributed by atoms with van der Waals surface area (Å²) in [5.41, 5.74) is 1.33. The molecule has 0 aliphatic carbocycles. The molecule has 5 heteroatoms. The van der Waals surface area contributed by atoms with Gasteiger partial charge in [0.25, 0.3) is 0 Å². The van der Waals surface area contributed by atoms with Crippen molar-refractivity contribution in [1.82, 2.24) is 0 Å². The Balaban J connectivity index is 1.80. The summed E-state index contributed by atoms with van der Waals surface area (Å²) in [7, 11) is 0. The van der Waals surface area contributed by atoms with E-state index in [1.54, 1.807) is 18.2 Å². The normalized spacial score (nSPS) is 34.2. The lowest BCUT2D eigenvalue weighted by molar-refractivity contribution is -0.124. The van der Waals surface area contributed by atoms with E-state index in [1.165, 1.54) is 4.90 Å². The third kappa shape index (κ3) is 1.35. The molecule has 4 rings (SSSR count). The number of fused-ring (bicyclic) bond motifs is 5. The molecule has 2 fully saturated rings. The van der Waals surface area contributed by atoms with E-state index in [9.17, 15) is 9.59 Å². The molecule has 2 saturated heterocycles. The minimum absolute atomic E-state index is 0.179. The van der Waals surface area contributed by atoms with Gasteiger partial charge in [0.2, 0.25) is 11.8 Å². The van der Waals surface area contributed by atoms with Crippen LogP contribution in [0.25, 0.3) is 0 Å². The minimum atomic E-state index is -0.379. The maximum absolute atomic E-state index is 12.6. The molecule has 102 valence electrons. The second-order valence-electron chi connectivity index (χ2n) is 5.40. The van der Waals surface area contributed by atoms with Crippen LogP contribution in [0.2, 0.25) is 5.02 Å². The van der Waals surface area contributed by atoms with Crippen molar-refractivity contribution >= 4 is 29.1 Å². The van der Waals surface area contributed by atoms with Crippen LogP contribution in [0.3, 0.4) is 0 Å². The molecule has 2 bridgehead atoms. The van der Waals surface area contributed by atoms with Crippen LogP contribution in [0.4, 0.5) is 5.69 Å². The van der Waals surface area contributed by atoms with Crippen molar-refractivity contribution < 1.29 is 14.3 Å². The fourth-order valence-corrected chi connectivity index (χ4v) is 3.55. The first-order valence-corrected chi connectivity index (χ1v) is 6.94. The van der Waals surface area contributed by atoms with Gasteiger partial charge in [-0.05, 0) is 24.6 Å². The molecule has 4 nitrogen and oxygen atoms in total. The Kier molecular flexibility index (Phi) is 2.38. The first-order chi connectivity index (χ1) is 9.59. The standard InChI is InChI=1S/C15H12ClNO3/c1-7-8(16)3-2-4-9(7)17-14(18)12-10-5-6-11(20-10)13(12)15(17)19/h2-6,10-13H,1H3. The Bertz CT molecular complexity index is 639. The molecule has 20 heavy (non-hydrogen) atoms. The Morgan fingerprint density at radius 2 is 1.70 bits per heavy atom. The molecule has 1 aromatic carbocycles. The van der Waals surface area contributed by atoms with E-state index in [0.29, 0.717) is 10.7 Å². The van der Waals surface area contributed by atoms with Gasteiger partial charge in [-0.15, -0.1) is 0 Å². The van der Waals surface area contributed by atoms with Gasteiger partial charge in [0.15, 0.2) is 0 Å². The molecule has 3 aliphatic rings. The summed E-state index contributed by atoms with van der Waals surface area (Å²) in [5.74, 6) is -1.11. The van der Waals surface area contributed by atoms with Gasteiger partial charge in [0.05, 0.1) is 29.7 Å². The van der Waals surface area contributed by atoms with Crippen molar-refractivity contribution in [3.05, 3.63) is 40.9 Å². The number of ether oxygens (including phenoxy) is 1. The topological polar surface area (TPSA) is 46.6 Å². The number of carbonyl (C=O) groups is 2. The maximum Gasteiger partial charge on any atom is 0.240 e. The SMILES string of the molecule is Cc1c(Cl)cccc1N1C(=O)C2C3C=CC(O3)C2C1=O. The number of benzene rings is 1. The fraction of sp³-hybridized carbons (Fsp3) is 0.333. The number of nitrogens with zero attached hydrogens (tertiary/aromatic N) is 1. The van der Waals surface area contributed by atoms with Crippen LogP contribution in [0.1, 0.15) is 5.56 Å². The molecule has 1 aromatic rings. The highest BCUT2D eigenvalue weighted by atomic mass is 35.5. The smallest absolute Gasteiger partial charge is 0.240 e. The molecule has 4 atom stereocenters. The van der Waals surface area contributed by atoms with Gasteiger partial charge >= 0.3 is 0 Å². The number of imide groups is 1. The van der Waals surface area contributed by atoms with Crippen LogP contribution in [0.15, 0.2) is 30.4 Å². The van der Waals surface area contributed by atoms with E-state index in [2.05, 4.69) is 0 Å². The van der Waals surface area contributed by atoms with Gasteiger partial charge < -0.3 is 4.74 Å². The number of hydrogen-bond donors (Lipinski definition) is 0. The summed E-state index contributed by atoms with van der Waals surface area (Å²) >= 11 is 6.09. The quantitative estimate of drug-likeness (QED) is 0.587. The lowest BCUT2D eigenvalue weighted by Gasteiger charge is -2.20. The lowest BCUT2D eigenvalue weighted by Crippen LogP contribution is -2.34. The second kappa shape index (κ2) is 3.93. The summed E-state index contributed by atoms with van der Waals surface area (Å²) in [6, 6.07) is 5.26. The van der Waals surface area contributed by atoms with Crippen LogP contribution in [-0.4, -0.2) is 24.0 Å². The van der Waals surface area contributed by atoms with Crippen molar-refractivity contribution in [1.29, 1.82) is 0 Å². The lowest BCUT2D eigenvalue weighted by atomic mass is 9.85. The molecule has 3 aliphatic heterocycles. The van der Waals surface area contributed by atoms with E-state index in [-0.39, 0.29) is 35.9 Å². The zero-order chi connectivity index (χ0) is 14.0. The van der Waals surface area contributed by atoms with Gasteiger partial charge in [0.1, 0.15) is 0 Å². The number of hydrogen-bond acceptors (Lipinski definition) is 3. The number of anilines is 1. The van der Waals surface area contributed by atoms with Crippen molar-refractivity contribution in [2.45, 2.75) is 19.1 Å². The predicted molar refractivity (Wildman–Crippen MR) is 73.5 cm³/mol.